The Morgan fingerprint density at radius 3 is 2.21 bits per heavy atom. The molecule has 2 rings (SSSR count). The van der Waals surface area contributed by atoms with Gasteiger partial charge in [-0.05, 0) is 31.2 Å². The molecule has 0 unspecified atom stereocenters. The summed E-state index contributed by atoms with van der Waals surface area (Å²) in [6.45, 7) is 1.45. The van der Waals surface area contributed by atoms with Gasteiger partial charge in [-0.25, -0.2) is 13.2 Å². The normalized spacial score (nSPS) is 12.5. The van der Waals surface area contributed by atoms with Crippen LogP contribution in [0, 0.1) is 0 Å². The first-order chi connectivity index (χ1) is 11.2. The van der Waals surface area contributed by atoms with Gasteiger partial charge in [0, 0.05) is 16.3 Å². The van der Waals surface area contributed by atoms with Crippen molar-refractivity contribution in [3.8, 4) is 0 Å². The molecule has 0 spiro atoms. The second-order valence-corrected chi connectivity index (χ2v) is 8.09. The molecule has 2 aromatic rings. The van der Waals surface area contributed by atoms with Crippen molar-refractivity contribution in [2.45, 2.75) is 17.9 Å². The predicted molar refractivity (Wildman–Crippen MR) is 92.9 cm³/mol. The van der Waals surface area contributed by atoms with Crippen LogP contribution in [0.1, 0.15) is 27.6 Å². The van der Waals surface area contributed by atoms with Gasteiger partial charge in [0.2, 0.25) is 5.78 Å². The van der Waals surface area contributed by atoms with Gasteiger partial charge >= 0.3 is 5.97 Å². The molecule has 0 saturated carbocycles. The number of hydrogen-bond acceptors (Lipinski definition) is 5. The summed E-state index contributed by atoms with van der Waals surface area (Å²) in [4.78, 5) is 24.4. The molecule has 7 heteroatoms. The summed E-state index contributed by atoms with van der Waals surface area (Å²) in [5.74, 6) is -1.22. The summed E-state index contributed by atoms with van der Waals surface area (Å²) in [6, 6.07) is 12.4. The maximum Gasteiger partial charge on any atom is 0.340 e. The minimum Gasteiger partial charge on any atom is -0.451 e. The molecule has 0 saturated heterocycles. The zero-order valence-corrected chi connectivity index (χ0v) is 15.4. The van der Waals surface area contributed by atoms with E-state index in [0.717, 1.165) is 10.7 Å². The van der Waals surface area contributed by atoms with Crippen LogP contribution in [0.25, 0.3) is 0 Å². The molecule has 1 atom stereocenters. The Hall–Kier alpha value is -1.99. The number of esters is 1. The van der Waals surface area contributed by atoms with Gasteiger partial charge in [-0.3, -0.25) is 4.79 Å². The molecule has 0 fully saturated rings. The summed E-state index contributed by atoms with van der Waals surface area (Å²) in [6.07, 6.45) is -0.0264. The molecule has 0 aromatic heterocycles. The third kappa shape index (κ3) is 4.30. The van der Waals surface area contributed by atoms with Crippen molar-refractivity contribution in [2.24, 2.45) is 0 Å². The quantitative estimate of drug-likeness (QED) is 0.558. The van der Waals surface area contributed by atoms with Gasteiger partial charge in [-0.2, -0.15) is 0 Å². The summed E-state index contributed by atoms with van der Waals surface area (Å²) >= 11 is 3.28. The predicted octanol–water partition coefficient (Wildman–Crippen LogP) is 3.28. The molecular formula is C17H15BrO5S. The molecule has 0 aliphatic rings. The summed E-state index contributed by atoms with van der Waals surface area (Å²) in [5.41, 5.74) is 0.311. The van der Waals surface area contributed by atoms with Gasteiger partial charge in [0.05, 0.1) is 10.5 Å². The van der Waals surface area contributed by atoms with Gasteiger partial charge in [0.1, 0.15) is 0 Å². The van der Waals surface area contributed by atoms with Gasteiger partial charge in [-0.1, -0.05) is 40.2 Å². The van der Waals surface area contributed by atoms with Crippen LogP contribution in [-0.4, -0.2) is 32.5 Å². The second kappa shape index (κ2) is 7.27. The maximum absolute atomic E-state index is 12.3. The van der Waals surface area contributed by atoms with E-state index >= 15 is 0 Å². The van der Waals surface area contributed by atoms with Crippen LogP contribution in [0.5, 0.6) is 0 Å². The molecule has 0 aliphatic carbocycles. The number of carbonyl (C=O) groups is 2. The van der Waals surface area contributed by atoms with Crippen molar-refractivity contribution in [3.05, 3.63) is 64.1 Å². The SMILES string of the molecule is C[C@H](OC(=O)c1ccccc1S(C)(=O)=O)C(=O)c1ccc(Br)cc1. The van der Waals surface area contributed by atoms with E-state index in [-0.39, 0.29) is 16.2 Å². The van der Waals surface area contributed by atoms with E-state index in [4.69, 9.17) is 4.74 Å². The minimum absolute atomic E-state index is 0.0875. The van der Waals surface area contributed by atoms with E-state index in [2.05, 4.69) is 15.9 Å². The number of sulfone groups is 1. The van der Waals surface area contributed by atoms with Crippen LogP contribution in [0.3, 0.4) is 0 Å². The lowest BCUT2D eigenvalue weighted by Gasteiger charge is -2.14. The molecule has 0 radical (unpaired) electrons. The Labute approximate surface area is 148 Å². The second-order valence-electron chi connectivity index (χ2n) is 5.19. The third-order valence-electron chi connectivity index (χ3n) is 3.29. The van der Waals surface area contributed by atoms with Crippen molar-refractivity contribution in [2.75, 3.05) is 6.26 Å². The van der Waals surface area contributed by atoms with E-state index in [1.54, 1.807) is 24.3 Å². The van der Waals surface area contributed by atoms with E-state index in [1.165, 1.54) is 31.2 Å². The molecule has 0 bridgehead atoms. The highest BCUT2D eigenvalue weighted by atomic mass is 79.9. The van der Waals surface area contributed by atoms with Crippen LogP contribution >= 0.6 is 15.9 Å². The van der Waals surface area contributed by atoms with Crippen LogP contribution < -0.4 is 0 Å². The molecule has 0 N–H and O–H groups in total. The van der Waals surface area contributed by atoms with E-state index in [1.807, 2.05) is 0 Å². The minimum atomic E-state index is -3.58. The number of benzene rings is 2. The lowest BCUT2D eigenvalue weighted by molar-refractivity contribution is 0.0315. The Morgan fingerprint density at radius 2 is 1.62 bits per heavy atom. The number of carbonyl (C=O) groups excluding carboxylic acids is 2. The fourth-order valence-corrected chi connectivity index (χ4v) is 3.23. The highest BCUT2D eigenvalue weighted by molar-refractivity contribution is 9.10. The first-order valence-electron chi connectivity index (χ1n) is 7.00. The van der Waals surface area contributed by atoms with E-state index in [0.29, 0.717) is 5.56 Å². The average Bonchev–Trinajstić information content (AvgIpc) is 2.54. The molecule has 0 amide bonds. The number of hydrogen-bond donors (Lipinski definition) is 0. The first-order valence-corrected chi connectivity index (χ1v) is 9.68. The van der Waals surface area contributed by atoms with Crippen molar-refractivity contribution in [1.82, 2.24) is 0 Å². The number of halogens is 1. The van der Waals surface area contributed by atoms with Crippen LogP contribution in [-0.2, 0) is 14.6 Å². The third-order valence-corrected chi connectivity index (χ3v) is 4.97. The summed E-state index contributed by atoms with van der Waals surface area (Å²) in [7, 11) is -3.58. The van der Waals surface area contributed by atoms with Crippen molar-refractivity contribution in [1.29, 1.82) is 0 Å². The standard InChI is InChI=1S/C17H15BrO5S/c1-11(16(19)12-7-9-13(18)10-8-12)23-17(20)14-5-3-4-6-15(14)24(2,21)22/h3-11H,1-2H3/t11-/m0/s1. The molecule has 0 heterocycles. The fraction of sp³-hybridized carbons (Fsp3) is 0.176. The van der Waals surface area contributed by atoms with Gasteiger partial charge < -0.3 is 4.74 Å². The van der Waals surface area contributed by atoms with Gasteiger partial charge in [-0.15, -0.1) is 0 Å². The first kappa shape index (κ1) is 18.4. The Morgan fingerprint density at radius 1 is 1.04 bits per heavy atom. The number of rotatable bonds is 5. The van der Waals surface area contributed by atoms with Crippen molar-refractivity contribution in [3.63, 3.8) is 0 Å². The van der Waals surface area contributed by atoms with E-state index < -0.39 is 21.9 Å². The van der Waals surface area contributed by atoms with Crippen molar-refractivity contribution >= 4 is 37.5 Å². The molecule has 2 aromatic carbocycles. The number of ketones is 1. The van der Waals surface area contributed by atoms with Crippen LogP contribution in [0.2, 0.25) is 0 Å². The maximum atomic E-state index is 12.3. The molecule has 126 valence electrons. The fourth-order valence-electron chi connectivity index (χ4n) is 2.09. The van der Waals surface area contributed by atoms with Crippen LogP contribution in [0.15, 0.2) is 57.9 Å². The summed E-state index contributed by atoms with van der Waals surface area (Å²) < 4.78 is 29.5. The smallest absolute Gasteiger partial charge is 0.340 e. The molecule has 0 aliphatic heterocycles. The topological polar surface area (TPSA) is 77.5 Å². The monoisotopic (exact) mass is 410 g/mol. The highest BCUT2D eigenvalue weighted by Gasteiger charge is 2.24. The number of Topliss-reactive ketones (excluding diaryl/α,β-unsaturated/α-hetero) is 1. The zero-order valence-electron chi connectivity index (χ0n) is 13.0. The van der Waals surface area contributed by atoms with E-state index in [9.17, 15) is 18.0 Å². The summed E-state index contributed by atoms with van der Waals surface area (Å²) in [5, 5.41) is 0. The van der Waals surface area contributed by atoms with Crippen LogP contribution in [0.4, 0.5) is 0 Å². The Balaban J connectivity index is 2.21. The Kier molecular flexibility index (Phi) is 5.56. The highest BCUT2D eigenvalue weighted by Crippen LogP contribution is 2.18. The lowest BCUT2D eigenvalue weighted by atomic mass is 10.1. The van der Waals surface area contributed by atoms with Gasteiger partial charge in [0.25, 0.3) is 0 Å². The molecule has 5 nitrogen and oxygen atoms in total. The molecule has 24 heavy (non-hydrogen) atoms. The van der Waals surface area contributed by atoms with Crippen molar-refractivity contribution < 1.29 is 22.7 Å². The number of ether oxygens (including phenoxy) is 1. The average molecular weight is 411 g/mol. The zero-order chi connectivity index (χ0) is 17.9. The molecular weight excluding hydrogens is 396 g/mol. The lowest BCUT2D eigenvalue weighted by Crippen LogP contribution is -2.25. The van der Waals surface area contributed by atoms with Gasteiger partial charge in [0.15, 0.2) is 15.9 Å². The largest absolute Gasteiger partial charge is 0.451 e. The Bertz CT molecular complexity index is 872.